The van der Waals surface area contributed by atoms with Crippen molar-refractivity contribution in [3.8, 4) is 11.5 Å². The zero-order chi connectivity index (χ0) is 14.5. The van der Waals surface area contributed by atoms with Crippen LogP contribution in [0.4, 0.5) is 0 Å². The number of carbonyl (C=O) groups excluding carboxylic acids is 1. The van der Waals surface area contributed by atoms with Gasteiger partial charge in [0, 0.05) is 6.54 Å². The highest BCUT2D eigenvalue weighted by atomic mass is 16.5. The summed E-state index contributed by atoms with van der Waals surface area (Å²) in [5.41, 5.74) is 0.301. The Morgan fingerprint density at radius 2 is 2.05 bits per heavy atom. The largest absolute Gasteiger partial charge is 0.493 e. The lowest BCUT2D eigenvalue weighted by Crippen LogP contribution is -2.24. The van der Waals surface area contributed by atoms with E-state index in [1.807, 2.05) is 0 Å². The first kappa shape index (κ1) is 13.7. The van der Waals surface area contributed by atoms with Gasteiger partial charge in [-0.15, -0.1) is 5.10 Å². The smallest absolute Gasteiger partial charge is 0.341 e. The van der Waals surface area contributed by atoms with Crippen LogP contribution in [-0.2, 0) is 6.54 Å². The van der Waals surface area contributed by atoms with Gasteiger partial charge in [0.2, 0.25) is 5.82 Å². The predicted molar refractivity (Wildman–Crippen MR) is 69.9 cm³/mol. The number of methoxy groups -OCH3 is 2. The summed E-state index contributed by atoms with van der Waals surface area (Å²) in [6.07, 6.45) is 0. The molecule has 0 aliphatic carbocycles. The maximum Gasteiger partial charge on any atom is 0.341 e. The first-order valence-corrected chi connectivity index (χ1v) is 5.78. The third-order valence-electron chi connectivity index (χ3n) is 2.62. The number of nitrogens with one attached hydrogen (secondary N) is 3. The molecule has 1 aromatic carbocycles. The fourth-order valence-electron chi connectivity index (χ4n) is 1.63. The van der Waals surface area contributed by atoms with Crippen molar-refractivity contribution < 1.29 is 14.3 Å². The van der Waals surface area contributed by atoms with E-state index in [1.54, 1.807) is 25.3 Å². The summed E-state index contributed by atoms with van der Waals surface area (Å²) in [7, 11) is 3.09. The number of rotatable bonds is 5. The highest BCUT2D eigenvalue weighted by Gasteiger charge is 2.10. The van der Waals surface area contributed by atoms with Crippen molar-refractivity contribution in [3.63, 3.8) is 0 Å². The van der Waals surface area contributed by atoms with Crippen LogP contribution in [0.25, 0.3) is 0 Å². The number of ether oxygens (including phenoxy) is 2. The number of H-pyrrole nitrogens is 2. The molecule has 0 bridgehead atoms. The molecule has 0 aliphatic rings. The Bertz CT molecular complexity index is 661. The van der Waals surface area contributed by atoms with Crippen molar-refractivity contribution in [2.45, 2.75) is 6.54 Å². The lowest BCUT2D eigenvalue weighted by molar-refractivity contribution is 0.0941. The quantitative estimate of drug-likeness (QED) is 0.715. The van der Waals surface area contributed by atoms with Crippen molar-refractivity contribution in [2.24, 2.45) is 0 Å². The molecule has 0 aliphatic heterocycles. The maximum atomic E-state index is 11.7. The topological polar surface area (TPSA) is 109 Å². The number of benzene rings is 1. The summed E-state index contributed by atoms with van der Waals surface area (Å²) in [6, 6.07) is 5.30. The van der Waals surface area contributed by atoms with Gasteiger partial charge in [0.1, 0.15) is 0 Å². The molecular formula is C12H14N4O4. The van der Waals surface area contributed by atoms with Gasteiger partial charge in [-0.1, -0.05) is 6.07 Å². The van der Waals surface area contributed by atoms with Crippen LogP contribution in [0.15, 0.2) is 23.0 Å². The molecule has 0 radical (unpaired) electrons. The normalized spacial score (nSPS) is 10.1. The molecule has 2 aromatic rings. The molecule has 8 nitrogen and oxygen atoms in total. The Labute approximate surface area is 114 Å². The van der Waals surface area contributed by atoms with Crippen LogP contribution in [0.2, 0.25) is 0 Å². The van der Waals surface area contributed by atoms with Crippen LogP contribution < -0.4 is 20.5 Å². The fraction of sp³-hybridized carbons (Fsp3) is 0.250. The van der Waals surface area contributed by atoms with E-state index < -0.39 is 11.6 Å². The summed E-state index contributed by atoms with van der Waals surface area (Å²) in [5.74, 6) is 0.653. The highest BCUT2D eigenvalue weighted by molar-refractivity contribution is 5.90. The standard InChI is InChI=1S/C12H14N4O4/c1-19-8-4-3-7(5-9(8)20-2)6-13-11(17)10-14-12(18)16-15-10/h3-5H,6H2,1-2H3,(H,13,17)(H2,14,15,16,18). The van der Waals surface area contributed by atoms with Crippen LogP contribution in [0.3, 0.4) is 0 Å². The number of hydrogen-bond donors (Lipinski definition) is 3. The second-order valence-corrected chi connectivity index (χ2v) is 3.90. The van der Waals surface area contributed by atoms with Crippen molar-refractivity contribution in [1.29, 1.82) is 0 Å². The molecule has 0 unspecified atom stereocenters. The number of aromatic amines is 2. The van der Waals surface area contributed by atoms with Crippen molar-refractivity contribution in [1.82, 2.24) is 20.5 Å². The third-order valence-corrected chi connectivity index (χ3v) is 2.62. The van der Waals surface area contributed by atoms with E-state index in [0.717, 1.165) is 5.56 Å². The molecule has 1 aromatic heterocycles. The molecule has 106 valence electrons. The summed E-state index contributed by atoms with van der Waals surface area (Å²) in [6.45, 7) is 0.272. The molecule has 2 rings (SSSR count). The van der Waals surface area contributed by atoms with Gasteiger partial charge in [-0.05, 0) is 17.7 Å². The molecule has 0 saturated heterocycles. The van der Waals surface area contributed by atoms with Crippen LogP contribution in [0, 0.1) is 0 Å². The number of hydrogen-bond acceptors (Lipinski definition) is 5. The van der Waals surface area contributed by atoms with Gasteiger partial charge in [-0.3, -0.25) is 9.78 Å². The van der Waals surface area contributed by atoms with Crippen molar-refractivity contribution >= 4 is 5.91 Å². The summed E-state index contributed by atoms with van der Waals surface area (Å²) < 4.78 is 10.3. The van der Waals surface area contributed by atoms with E-state index in [0.29, 0.717) is 11.5 Å². The first-order chi connectivity index (χ1) is 9.63. The minimum atomic E-state index is -0.527. The SMILES string of the molecule is COc1ccc(CNC(=O)c2n[nH]c(=O)[nH]2)cc1OC. The van der Waals surface area contributed by atoms with Gasteiger partial charge in [-0.2, -0.15) is 0 Å². The summed E-state index contributed by atoms with van der Waals surface area (Å²) in [4.78, 5) is 24.8. The van der Waals surface area contributed by atoms with E-state index in [9.17, 15) is 9.59 Å². The van der Waals surface area contributed by atoms with Crippen molar-refractivity contribution in [2.75, 3.05) is 14.2 Å². The lowest BCUT2D eigenvalue weighted by atomic mass is 10.2. The van der Waals surface area contributed by atoms with Crippen LogP contribution in [0.1, 0.15) is 16.2 Å². The van der Waals surface area contributed by atoms with Crippen molar-refractivity contribution in [3.05, 3.63) is 40.1 Å². The van der Waals surface area contributed by atoms with Crippen LogP contribution in [0.5, 0.6) is 11.5 Å². The molecule has 1 heterocycles. The lowest BCUT2D eigenvalue weighted by Gasteiger charge is -2.09. The second kappa shape index (κ2) is 5.91. The number of aromatic nitrogens is 3. The Morgan fingerprint density at radius 3 is 2.65 bits per heavy atom. The van der Waals surface area contributed by atoms with E-state index >= 15 is 0 Å². The zero-order valence-electron chi connectivity index (χ0n) is 11.0. The maximum absolute atomic E-state index is 11.7. The molecule has 20 heavy (non-hydrogen) atoms. The van der Waals surface area contributed by atoms with Gasteiger partial charge in [-0.25, -0.2) is 9.89 Å². The van der Waals surface area contributed by atoms with Gasteiger partial charge in [0.05, 0.1) is 14.2 Å². The fourth-order valence-corrected chi connectivity index (χ4v) is 1.63. The Hall–Kier alpha value is -2.77. The summed E-state index contributed by atoms with van der Waals surface area (Å²) in [5, 5.41) is 8.29. The molecule has 8 heteroatoms. The first-order valence-electron chi connectivity index (χ1n) is 5.78. The van der Waals surface area contributed by atoms with Gasteiger partial charge in [0.15, 0.2) is 11.5 Å². The minimum absolute atomic E-state index is 0.0597. The third kappa shape index (κ3) is 2.97. The van der Waals surface area contributed by atoms with Gasteiger partial charge >= 0.3 is 5.69 Å². The number of nitrogens with zero attached hydrogens (tertiary/aromatic N) is 1. The van der Waals surface area contributed by atoms with E-state index in [1.165, 1.54) is 7.11 Å². The van der Waals surface area contributed by atoms with Crippen LogP contribution in [-0.4, -0.2) is 35.3 Å². The molecule has 0 saturated carbocycles. The molecule has 1 amide bonds. The Morgan fingerprint density at radius 1 is 1.30 bits per heavy atom. The average Bonchev–Trinajstić information content (AvgIpc) is 2.91. The Kier molecular flexibility index (Phi) is 4.04. The number of carbonyl (C=O) groups is 1. The van der Waals surface area contributed by atoms with Gasteiger partial charge < -0.3 is 14.8 Å². The number of amides is 1. The molecule has 0 fully saturated rings. The minimum Gasteiger partial charge on any atom is -0.493 e. The summed E-state index contributed by atoms with van der Waals surface area (Å²) >= 11 is 0. The zero-order valence-corrected chi connectivity index (χ0v) is 11.0. The predicted octanol–water partition coefficient (Wildman–Crippen LogP) is 0.0452. The molecule has 0 spiro atoms. The van der Waals surface area contributed by atoms with Crippen LogP contribution >= 0.6 is 0 Å². The molecular weight excluding hydrogens is 264 g/mol. The van der Waals surface area contributed by atoms with E-state index in [-0.39, 0.29) is 12.4 Å². The molecule has 0 atom stereocenters. The highest BCUT2D eigenvalue weighted by Crippen LogP contribution is 2.27. The van der Waals surface area contributed by atoms with E-state index in [2.05, 4.69) is 20.5 Å². The van der Waals surface area contributed by atoms with Gasteiger partial charge in [0.25, 0.3) is 5.91 Å². The van der Waals surface area contributed by atoms with E-state index in [4.69, 9.17) is 9.47 Å². The monoisotopic (exact) mass is 278 g/mol. The Balaban J connectivity index is 2.04. The second-order valence-electron chi connectivity index (χ2n) is 3.90. The molecule has 3 N–H and O–H groups in total. The average molecular weight is 278 g/mol.